The fraction of sp³-hybridized carbons (Fsp3) is 0.0625. The van der Waals surface area contributed by atoms with Gasteiger partial charge in [0, 0.05) is 19.3 Å². The fourth-order valence-corrected chi connectivity index (χ4v) is 1.85. The van der Waals surface area contributed by atoms with Gasteiger partial charge in [-0.05, 0) is 35.9 Å². The van der Waals surface area contributed by atoms with E-state index >= 15 is 0 Å². The van der Waals surface area contributed by atoms with Gasteiger partial charge < -0.3 is 10.0 Å². The second kappa shape index (κ2) is 6.35. The molecule has 0 aliphatic rings. The van der Waals surface area contributed by atoms with Crippen LogP contribution in [0.2, 0.25) is 0 Å². The van der Waals surface area contributed by atoms with Crippen LogP contribution in [0.3, 0.4) is 0 Å². The quantitative estimate of drug-likeness (QED) is 0.871. The van der Waals surface area contributed by atoms with Gasteiger partial charge in [-0.2, -0.15) is 5.26 Å². The molecule has 0 aliphatic carbocycles. The number of carboxylic acids is 1. The molecule has 0 atom stereocenters. The topological polar surface area (TPSA) is 77.2 Å². The molecule has 0 amide bonds. The molecule has 0 bridgehead atoms. The Balaban J connectivity index is 2.26. The molecule has 2 rings (SSSR count). The summed E-state index contributed by atoms with van der Waals surface area (Å²) < 4.78 is 0. The first-order valence-electron chi connectivity index (χ1n) is 6.21. The van der Waals surface area contributed by atoms with Crippen molar-refractivity contribution in [3.05, 3.63) is 59.8 Å². The molecule has 0 saturated heterocycles. The molecule has 0 spiro atoms. The number of carboxylic acid groups (broad SMARTS) is 1. The number of nitrogens with zero attached hydrogens (tertiary/aromatic N) is 3. The largest absolute Gasteiger partial charge is 0.478 e. The Morgan fingerprint density at radius 1 is 1.33 bits per heavy atom. The van der Waals surface area contributed by atoms with Crippen molar-refractivity contribution in [2.24, 2.45) is 0 Å². The summed E-state index contributed by atoms with van der Waals surface area (Å²) in [4.78, 5) is 16.5. The Hall–Kier alpha value is -3.13. The van der Waals surface area contributed by atoms with Gasteiger partial charge in [-0.1, -0.05) is 12.1 Å². The number of aromatic nitrogens is 1. The number of pyridine rings is 1. The zero-order chi connectivity index (χ0) is 15.2. The number of hydrogen-bond acceptors (Lipinski definition) is 4. The minimum absolute atomic E-state index is 0.566. The molecule has 1 aromatic heterocycles. The van der Waals surface area contributed by atoms with Crippen molar-refractivity contribution in [3.8, 4) is 6.07 Å². The fourth-order valence-electron chi connectivity index (χ4n) is 1.85. The first-order chi connectivity index (χ1) is 10.1. The molecule has 0 fully saturated rings. The first kappa shape index (κ1) is 14.3. The van der Waals surface area contributed by atoms with Gasteiger partial charge in [-0.25, -0.2) is 9.78 Å². The lowest BCUT2D eigenvalue weighted by molar-refractivity contribution is -0.131. The standard InChI is InChI=1S/C16H13N3O2/c1-19(14-5-3-2-4-13(14)10-17)15-8-6-12(11-18-15)7-9-16(20)21/h2-9,11H,1H3,(H,20,21)/b9-7+. The van der Waals surface area contributed by atoms with E-state index in [9.17, 15) is 4.79 Å². The molecular weight excluding hydrogens is 266 g/mol. The van der Waals surface area contributed by atoms with Crippen molar-refractivity contribution in [2.45, 2.75) is 0 Å². The predicted molar refractivity (Wildman–Crippen MR) is 80.1 cm³/mol. The van der Waals surface area contributed by atoms with Gasteiger partial charge in [0.15, 0.2) is 0 Å². The summed E-state index contributed by atoms with van der Waals surface area (Å²) in [5.41, 5.74) is 2.03. The molecule has 0 radical (unpaired) electrons. The molecule has 5 heteroatoms. The Morgan fingerprint density at radius 2 is 2.10 bits per heavy atom. The SMILES string of the molecule is CN(c1ccc(/C=C/C(=O)O)cn1)c1ccccc1C#N. The lowest BCUT2D eigenvalue weighted by Gasteiger charge is -2.19. The van der Waals surface area contributed by atoms with E-state index in [0.29, 0.717) is 16.9 Å². The zero-order valence-electron chi connectivity index (χ0n) is 11.4. The van der Waals surface area contributed by atoms with E-state index in [1.165, 1.54) is 6.08 Å². The minimum Gasteiger partial charge on any atom is -0.478 e. The van der Waals surface area contributed by atoms with Gasteiger partial charge in [0.05, 0.1) is 11.3 Å². The van der Waals surface area contributed by atoms with Gasteiger partial charge in [0.1, 0.15) is 11.9 Å². The maximum atomic E-state index is 10.5. The number of carbonyl (C=O) groups is 1. The Morgan fingerprint density at radius 3 is 2.71 bits per heavy atom. The van der Waals surface area contributed by atoms with Crippen LogP contribution < -0.4 is 4.90 Å². The zero-order valence-corrected chi connectivity index (χ0v) is 11.4. The highest BCUT2D eigenvalue weighted by Gasteiger charge is 2.09. The molecule has 0 saturated carbocycles. The predicted octanol–water partition coefficient (Wildman–Crippen LogP) is 2.82. The highest BCUT2D eigenvalue weighted by molar-refractivity contribution is 5.85. The third-order valence-corrected chi connectivity index (χ3v) is 2.92. The van der Waals surface area contributed by atoms with Gasteiger partial charge in [0.25, 0.3) is 0 Å². The van der Waals surface area contributed by atoms with E-state index in [4.69, 9.17) is 10.4 Å². The second-order valence-electron chi connectivity index (χ2n) is 4.31. The number of nitriles is 1. The van der Waals surface area contributed by atoms with E-state index < -0.39 is 5.97 Å². The van der Waals surface area contributed by atoms with Crippen LogP contribution in [0, 0.1) is 11.3 Å². The van der Waals surface area contributed by atoms with E-state index in [-0.39, 0.29) is 0 Å². The lowest BCUT2D eigenvalue weighted by atomic mass is 10.2. The summed E-state index contributed by atoms with van der Waals surface area (Å²) in [5, 5.41) is 17.7. The second-order valence-corrected chi connectivity index (χ2v) is 4.31. The average molecular weight is 279 g/mol. The summed E-state index contributed by atoms with van der Waals surface area (Å²) in [5.74, 6) is -0.329. The lowest BCUT2D eigenvalue weighted by Crippen LogP contribution is -2.12. The summed E-state index contributed by atoms with van der Waals surface area (Å²) in [6, 6.07) is 12.9. The number of benzene rings is 1. The summed E-state index contributed by atoms with van der Waals surface area (Å²) in [6.07, 6.45) is 4.12. The molecule has 1 aromatic carbocycles. The van der Waals surface area contributed by atoms with E-state index in [1.807, 2.05) is 30.1 Å². The molecule has 1 heterocycles. The molecule has 1 N–H and O–H groups in total. The van der Waals surface area contributed by atoms with Gasteiger partial charge in [-0.15, -0.1) is 0 Å². The van der Waals surface area contributed by atoms with Crippen LogP contribution >= 0.6 is 0 Å². The van der Waals surface area contributed by atoms with Crippen LogP contribution in [-0.4, -0.2) is 23.1 Å². The van der Waals surface area contributed by atoms with Crippen molar-refractivity contribution in [2.75, 3.05) is 11.9 Å². The van der Waals surface area contributed by atoms with Crippen molar-refractivity contribution in [1.82, 2.24) is 4.98 Å². The molecule has 5 nitrogen and oxygen atoms in total. The van der Waals surface area contributed by atoms with Crippen molar-refractivity contribution in [3.63, 3.8) is 0 Å². The van der Waals surface area contributed by atoms with E-state index in [0.717, 1.165) is 11.8 Å². The highest BCUT2D eigenvalue weighted by Crippen LogP contribution is 2.25. The number of aliphatic carboxylic acids is 1. The van der Waals surface area contributed by atoms with Crippen LogP contribution in [0.1, 0.15) is 11.1 Å². The van der Waals surface area contributed by atoms with Crippen molar-refractivity contribution >= 4 is 23.6 Å². The van der Waals surface area contributed by atoms with Crippen LogP contribution in [0.4, 0.5) is 11.5 Å². The van der Waals surface area contributed by atoms with Crippen LogP contribution in [0.15, 0.2) is 48.7 Å². The molecule has 104 valence electrons. The molecule has 0 aliphatic heterocycles. The number of anilines is 2. The van der Waals surface area contributed by atoms with Gasteiger partial charge in [0.2, 0.25) is 0 Å². The molecule has 2 aromatic rings. The average Bonchev–Trinajstić information content (AvgIpc) is 2.52. The maximum Gasteiger partial charge on any atom is 0.328 e. The Kier molecular flexibility index (Phi) is 4.32. The normalized spacial score (nSPS) is 10.3. The molecular formula is C16H13N3O2. The summed E-state index contributed by atoms with van der Waals surface area (Å²) >= 11 is 0. The number of hydrogen-bond donors (Lipinski definition) is 1. The van der Waals surface area contributed by atoms with Crippen molar-refractivity contribution < 1.29 is 9.90 Å². The Labute approximate surface area is 122 Å². The summed E-state index contributed by atoms with van der Waals surface area (Å²) in [7, 11) is 1.82. The van der Waals surface area contributed by atoms with Gasteiger partial charge in [-0.3, -0.25) is 0 Å². The first-order valence-corrected chi connectivity index (χ1v) is 6.21. The van der Waals surface area contributed by atoms with Crippen molar-refractivity contribution in [1.29, 1.82) is 5.26 Å². The number of para-hydroxylation sites is 1. The third kappa shape index (κ3) is 3.45. The van der Waals surface area contributed by atoms with Crippen LogP contribution in [0.5, 0.6) is 0 Å². The molecule has 0 unspecified atom stereocenters. The Bertz CT molecular complexity index is 715. The van der Waals surface area contributed by atoms with Crippen LogP contribution in [-0.2, 0) is 4.79 Å². The molecule has 21 heavy (non-hydrogen) atoms. The highest BCUT2D eigenvalue weighted by atomic mass is 16.4. The van der Waals surface area contributed by atoms with Crippen LogP contribution in [0.25, 0.3) is 6.08 Å². The van der Waals surface area contributed by atoms with E-state index in [2.05, 4.69) is 11.1 Å². The summed E-state index contributed by atoms with van der Waals surface area (Å²) in [6.45, 7) is 0. The van der Waals surface area contributed by atoms with E-state index in [1.54, 1.807) is 24.4 Å². The third-order valence-electron chi connectivity index (χ3n) is 2.92. The van der Waals surface area contributed by atoms with Gasteiger partial charge >= 0.3 is 5.97 Å². The maximum absolute atomic E-state index is 10.5. The smallest absolute Gasteiger partial charge is 0.328 e. The minimum atomic E-state index is -1.00. The number of rotatable bonds is 4. The monoisotopic (exact) mass is 279 g/mol.